The van der Waals surface area contributed by atoms with Crippen molar-refractivity contribution in [2.75, 3.05) is 18.9 Å². The molecule has 1 fully saturated rings. The number of rotatable bonds is 9. The van der Waals surface area contributed by atoms with E-state index >= 15 is 0 Å². The molecule has 32 heavy (non-hydrogen) atoms. The molecular weight excluding hydrogens is 474 g/mol. The van der Waals surface area contributed by atoms with E-state index in [-0.39, 0.29) is 49.1 Å². The average Bonchev–Trinajstić information content (AvgIpc) is 3.50. The Bertz CT molecular complexity index is 1030. The highest BCUT2D eigenvalue weighted by molar-refractivity contribution is 7.89. The van der Waals surface area contributed by atoms with Gasteiger partial charge < -0.3 is 10.5 Å². The van der Waals surface area contributed by atoms with Crippen LogP contribution in [0.2, 0.25) is 5.02 Å². The molecule has 4 rings (SSSR count). The normalized spacial score (nSPS) is 20.3. The molecule has 0 saturated heterocycles. The van der Waals surface area contributed by atoms with Gasteiger partial charge in [0.25, 0.3) is 0 Å². The Morgan fingerprint density at radius 1 is 1.16 bits per heavy atom. The van der Waals surface area contributed by atoms with E-state index in [1.165, 1.54) is 17.7 Å². The zero-order chi connectivity index (χ0) is 22.0. The molecule has 0 aliphatic heterocycles. The van der Waals surface area contributed by atoms with Crippen LogP contribution in [0.3, 0.4) is 0 Å². The maximum atomic E-state index is 13.8. The smallest absolute Gasteiger partial charge is 0.211 e. The topological polar surface area (TPSA) is 81.4 Å². The second kappa shape index (κ2) is 10.7. The number of hydrogen-bond donors (Lipinski definition) is 2. The van der Waals surface area contributed by atoms with Gasteiger partial charge in [0.15, 0.2) is 0 Å². The molecule has 3 N–H and O–H groups in total. The van der Waals surface area contributed by atoms with Crippen molar-refractivity contribution >= 4 is 34.0 Å². The summed E-state index contributed by atoms with van der Waals surface area (Å²) in [4.78, 5) is 0. The van der Waals surface area contributed by atoms with Gasteiger partial charge >= 0.3 is 0 Å². The van der Waals surface area contributed by atoms with Crippen LogP contribution in [0.25, 0.3) is 0 Å². The molecule has 2 aromatic carbocycles. The van der Waals surface area contributed by atoms with E-state index in [1.807, 2.05) is 18.2 Å². The molecule has 2 atom stereocenters. The molecule has 0 bridgehead atoms. The lowest BCUT2D eigenvalue weighted by Crippen LogP contribution is -2.34. The van der Waals surface area contributed by atoms with Crippen molar-refractivity contribution in [3.05, 3.63) is 63.9 Å². The van der Waals surface area contributed by atoms with Crippen LogP contribution in [0.1, 0.15) is 41.9 Å². The van der Waals surface area contributed by atoms with Crippen molar-refractivity contribution in [3.63, 3.8) is 0 Å². The number of fused-ring (bicyclic) bond motifs is 1. The molecule has 2 aliphatic rings. The van der Waals surface area contributed by atoms with E-state index < -0.39 is 10.0 Å². The molecule has 2 unspecified atom stereocenters. The molecule has 0 aromatic heterocycles. The van der Waals surface area contributed by atoms with Gasteiger partial charge in [0.05, 0.1) is 5.75 Å². The minimum absolute atomic E-state index is 0. The van der Waals surface area contributed by atoms with Crippen molar-refractivity contribution in [2.45, 2.75) is 44.1 Å². The molecule has 0 spiro atoms. The van der Waals surface area contributed by atoms with Crippen molar-refractivity contribution < 1.29 is 17.5 Å². The van der Waals surface area contributed by atoms with E-state index in [9.17, 15) is 12.8 Å². The van der Waals surface area contributed by atoms with Crippen molar-refractivity contribution in [2.24, 2.45) is 11.7 Å². The van der Waals surface area contributed by atoms with E-state index in [0.717, 1.165) is 36.8 Å². The summed E-state index contributed by atoms with van der Waals surface area (Å²) >= 11 is 6.02. The summed E-state index contributed by atoms with van der Waals surface area (Å²) in [7, 11) is -3.23. The third kappa shape index (κ3) is 6.81. The summed E-state index contributed by atoms with van der Waals surface area (Å²) in [6, 6.07) is 10.5. The molecule has 176 valence electrons. The number of nitrogens with two attached hydrogens (primary N) is 1. The van der Waals surface area contributed by atoms with Crippen LogP contribution in [0, 0.1) is 11.7 Å². The summed E-state index contributed by atoms with van der Waals surface area (Å²) in [5, 5.41) is 0.376. The predicted octanol–water partition coefficient (Wildman–Crippen LogP) is 4.21. The minimum Gasteiger partial charge on any atom is -0.492 e. The molecule has 1 saturated carbocycles. The van der Waals surface area contributed by atoms with Crippen molar-refractivity contribution in [1.82, 2.24) is 4.72 Å². The molecule has 2 aliphatic carbocycles. The third-order valence-corrected chi connectivity index (χ3v) is 7.78. The van der Waals surface area contributed by atoms with Crippen LogP contribution in [0.5, 0.6) is 5.75 Å². The van der Waals surface area contributed by atoms with Crippen molar-refractivity contribution in [3.8, 4) is 5.75 Å². The molecule has 0 amide bonds. The summed E-state index contributed by atoms with van der Waals surface area (Å²) in [6.07, 6.45) is 4.34. The van der Waals surface area contributed by atoms with E-state index in [0.29, 0.717) is 23.1 Å². The van der Waals surface area contributed by atoms with Gasteiger partial charge in [-0.2, -0.15) is 0 Å². The molecule has 0 radical (unpaired) electrons. The highest BCUT2D eigenvalue weighted by Crippen LogP contribution is 2.36. The largest absolute Gasteiger partial charge is 0.492 e. The van der Waals surface area contributed by atoms with Crippen LogP contribution in [0.15, 0.2) is 36.4 Å². The average molecular weight is 503 g/mol. The maximum absolute atomic E-state index is 13.8. The Hall–Kier alpha value is -1.38. The number of aryl methyl sites for hydroxylation is 1. The van der Waals surface area contributed by atoms with Crippen LogP contribution < -0.4 is 15.2 Å². The lowest BCUT2D eigenvalue weighted by molar-refractivity contribution is 0.321. The molecule has 0 heterocycles. The second-order valence-corrected chi connectivity index (χ2v) is 10.9. The fourth-order valence-corrected chi connectivity index (χ4v) is 5.96. The fraction of sp³-hybridized carbons (Fsp3) is 0.478. The quantitative estimate of drug-likeness (QED) is 0.503. The van der Waals surface area contributed by atoms with Crippen LogP contribution in [-0.4, -0.2) is 33.4 Å². The molecule has 2 aromatic rings. The van der Waals surface area contributed by atoms with E-state index in [1.54, 1.807) is 6.07 Å². The number of halogens is 3. The Labute approximate surface area is 200 Å². The summed E-state index contributed by atoms with van der Waals surface area (Å²) < 4.78 is 46.1. The monoisotopic (exact) mass is 502 g/mol. The van der Waals surface area contributed by atoms with Crippen LogP contribution in [-0.2, 0) is 22.9 Å². The van der Waals surface area contributed by atoms with Crippen molar-refractivity contribution in [1.29, 1.82) is 0 Å². The maximum Gasteiger partial charge on any atom is 0.211 e. The van der Waals surface area contributed by atoms with E-state index in [4.69, 9.17) is 22.1 Å². The zero-order valence-corrected chi connectivity index (χ0v) is 20.1. The number of ether oxygens (including phenoxy) is 1. The van der Waals surface area contributed by atoms with Crippen LogP contribution in [0.4, 0.5) is 4.39 Å². The number of sulfonamides is 1. The second-order valence-electron chi connectivity index (χ2n) is 8.62. The predicted molar refractivity (Wildman–Crippen MR) is 128 cm³/mol. The number of benzene rings is 2. The Morgan fingerprint density at radius 3 is 2.66 bits per heavy atom. The lowest BCUT2D eigenvalue weighted by atomic mass is 9.76. The first-order valence-corrected chi connectivity index (χ1v) is 12.8. The van der Waals surface area contributed by atoms with Gasteiger partial charge in [0.1, 0.15) is 18.2 Å². The molecule has 5 nitrogen and oxygen atoms in total. The van der Waals surface area contributed by atoms with Gasteiger partial charge in [-0.3, -0.25) is 0 Å². The zero-order valence-electron chi connectivity index (χ0n) is 17.7. The highest BCUT2D eigenvalue weighted by Gasteiger charge is 2.29. The minimum atomic E-state index is -3.23. The molecule has 9 heteroatoms. The van der Waals surface area contributed by atoms with Gasteiger partial charge in [-0.25, -0.2) is 17.5 Å². The van der Waals surface area contributed by atoms with Gasteiger partial charge in [-0.15, -0.1) is 12.4 Å². The summed E-state index contributed by atoms with van der Waals surface area (Å²) in [5.74, 6) is 0.871. The van der Waals surface area contributed by atoms with Gasteiger partial charge in [-0.1, -0.05) is 17.7 Å². The Balaban J connectivity index is 0.00000289. The summed E-state index contributed by atoms with van der Waals surface area (Å²) in [6.45, 7) is 0.482. The Morgan fingerprint density at radius 2 is 1.94 bits per heavy atom. The summed E-state index contributed by atoms with van der Waals surface area (Å²) in [5.41, 5.74) is 9.57. The van der Waals surface area contributed by atoms with E-state index in [2.05, 4.69) is 4.72 Å². The number of nitrogens with one attached hydrogen (secondary N) is 1. The first kappa shape index (κ1) is 25.2. The van der Waals surface area contributed by atoms with Crippen LogP contribution >= 0.6 is 24.0 Å². The Kier molecular flexibility index (Phi) is 8.44. The van der Waals surface area contributed by atoms with Gasteiger partial charge in [-0.05, 0) is 85.0 Å². The third-order valence-electron chi connectivity index (χ3n) is 6.00. The highest BCUT2D eigenvalue weighted by atomic mass is 35.5. The first-order valence-electron chi connectivity index (χ1n) is 10.7. The fourth-order valence-electron chi connectivity index (χ4n) is 4.25. The van der Waals surface area contributed by atoms with Gasteiger partial charge in [0, 0.05) is 23.5 Å². The standard InChI is InChI=1S/C23H28ClFN2O3S.ClH/c24-18-9-16(10-19(25)12-18)11-22-21-13-20(5-3-17(21)4-6-23(22)26)30-8-7-27-31(28,29)14-15-1-2-15;/h3,5,9-10,12-13,15,22-23,27H,1-2,4,6-8,11,14,26H2;1H. The van der Waals surface area contributed by atoms with Gasteiger partial charge in [0.2, 0.25) is 10.0 Å². The first-order chi connectivity index (χ1) is 14.8. The SMILES string of the molecule is Cl.NC1CCc2ccc(OCCNS(=O)(=O)CC3CC3)cc2C1Cc1cc(F)cc(Cl)c1. The molecular formula is C23H29Cl2FN2O3S. The lowest BCUT2D eigenvalue weighted by Gasteiger charge is -2.32. The number of hydrogen-bond acceptors (Lipinski definition) is 4.